The molecule has 0 amide bonds. The Morgan fingerprint density at radius 2 is 2.13 bits per heavy atom. The fourth-order valence-electron chi connectivity index (χ4n) is 8.47. The standard InChI is InChI=1S/C25H41N3O2/c1-23-9-3-5-19-14-25(30-23,16-24(27,10-11-29)22(19)23)20-6-2-4-17(13-20)12-18-7-8-21(26)28-15-18/h7-8,15,17,19-22,28-29H,2-6,9-14,16,26-27H2,1H3/t17-,19-,20+,21?,22+,23-,24+,25+/m1/s1. The van der Waals surface area contributed by atoms with E-state index in [0.29, 0.717) is 30.1 Å². The molecule has 5 nitrogen and oxygen atoms in total. The summed E-state index contributed by atoms with van der Waals surface area (Å²) in [7, 11) is 0. The minimum Gasteiger partial charge on any atom is -0.396 e. The number of hydrogen-bond acceptors (Lipinski definition) is 5. The third-order valence-electron chi connectivity index (χ3n) is 9.28. The minimum absolute atomic E-state index is 0.0538. The first-order valence-electron chi connectivity index (χ1n) is 12.3. The van der Waals surface area contributed by atoms with E-state index in [2.05, 4.69) is 30.6 Å². The number of nitrogens with one attached hydrogen (secondary N) is 1. The molecule has 6 rings (SSSR count). The van der Waals surface area contributed by atoms with Crippen LogP contribution in [0.2, 0.25) is 0 Å². The number of aliphatic hydroxyl groups excluding tert-OH is 1. The van der Waals surface area contributed by atoms with Crippen LogP contribution in [0.25, 0.3) is 0 Å². The molecule has 0 aromatic heterocycles. The predicted molar refractivity (Wildman–Crippen MR) is 119 cm³/mol. The topological polar surface area (TPSA) is 93.5 Å². The van der Waals surface area contributed by atoms with Crippen LogP contribution < -0.4 is 16.8 Å². The van der Waals surface area contributed by atoms with Crippen molar-refractivity contribution in [2.75, 3.05) is 6.61 Å². The van der Waals surface area contributed by atoms with Crippen molar-refractivity contribution in [1.29, 1.82) is 0 Å². The van der Waals surface area contributed by atoms with Crippen molar-refractivity contribution in [3.8, 4) is 0 Å². The maximum absolute atomic E-state index is 9.85. The summed E-state index contributed by atoms with van der Waals surface area (Å²) in [5, 5.41) is 13.1. The van der Waals surface area contributed by atoms with Crippen LogP contribution in [0.1, 0.15) is 77.6 Å². The molecule has 3 aliphatic carbocycles. The molecule has 3 saturated carbocycles. The van der Waals surface area contributed by atoms with Crippen molar-refractivity contribution in [2.24, 2.45) is 35.1 Å². The third kappa shape index (κ3) is 3.46. The summed E-state index contributed by atoms with van der Waals surface area (Å²) in [5.74, 6) is 2.35. The first kappa shape index (κ1) is 21.0. The molecule has 1 unspecified atom stereocenters. The Hall–Kier alpha value is -0.880. The van der Waals surface area contributed by atoms with Crippen LogP contribution in [-0.4, -0.2) is 34.6 Å². The van der Waals surface area contributed by atoms with E-state index < -0.39 is 0 Å². The molecule has 4 bridgehead atoms. The summed E-state index contributed by atoms with van der Waals surface area (Å²) in [5.41, 5.74) is 13.9. The van der Waals surface area contributed by atoms with Gasteiger partial charge in [0.1, 0.15) is 0 Å². The van der Waals surface area contributed by atoms with Gasteiger partial charge in [-0.2, -0.15) is 0 Å². The van der Waals surface area contributed by atoms with Gasteiger partial charge in [-0.1, -0.05) is 25.3 Å². The Labute approximate surface area is 181 Å². The van der Waals surface area contributed by atoms with Gasteiger partial charge in [-0.05, 0) is 87.7 Å². The van der Waals surface area contributed by atoms with E-state index in [4.69, 9.17) is 16.2 Å². The van der Waals surface area contributed by atoms with Gasteiger partial charge in [0, 0.05) is 24.3 Å². The number of allylic oxidation sites excluding steroid dienone is 2. The number of hydrogen-bond donors (Lipinski definition) is 4. The highest BCUT2D eigenvalue weighted by atomic mass is 16.5. The molecular weight excluding hydrogens is 374 g/mol. The van der Waals surface area contributed by atoms with Crippen LogP contribution in [0.3, 0.4) is 0 Å². The summed E-state index contributed by atoms with van der Waals surface area (Å²) < 4.78 is 7.15. The predicted octanol–water partition coefficient (Wildman–Crippen LogP) is 3.33. The van der Waals surface area contributed by atoms with E-state index in [1.807, 2.05) is 0 Å². The van der Waals surface area contributed by atoms with Gasteiger partial charge in [-0.15, -0.1) is 0 Å². The molecule has 8 atom stereocenters. The second-order valence-corrected chi connectivity index (χ2v) is 11.4. The zero-order valence-corrected chi connectivity index (χ0v) is 18.6. The number of ether oxygens (including phenoxy) is 1. The monoisotopic (exact) mass is 415 g/mol. The maximum atomic E-state index is 9.85. The summed E-state index contributed by atoms with van der Waals surface area (Å²) in [6, 6.07) is 0. The molecule has 168 valence electrons. The Morgan fingerprint density at radius 3 is 2.87 bits per heavy atom. The quantitative estimate of drug-likeness (QED) is 0.553. The Morgan fingerprint density at radius 1 is 1.27 bits per heavy atom. The van der Waals surface area contributed by atoms with E-state index in [-0.39, 0.29) is 29.5 Å². The van der Waals surface area contributed by atoms with Crippen molar-refractivity contribution in [1.82, 2.24) is 5.32 Å². The smallest absolute Gasteiger partial charge is 0.0934 e. The fraction of sp³-hybridized carbons (Fsp3) is 0.840. The molecule has 6 aliphatic rings. The first-order chi connectivity index (χ1) is 14.4. The van der Waals surface area contributed by atoms with Crippen LogP contribution in [0.4, 0.5) is 0 Å². The lowest BCUT2D eigenvalue weighted by atomic mass is 9.46. The van der Waals surface area contributed by atoms with E-state index in [1.54, 1.807) is 0 Å². The highest BCUT2D eigenvalue weighted by Gasteiger charge is 2.68. The molecule has 6 N–H and O–H groups in total. The van der Waals surface area contributed by atoms with Crippen LogP contribution in [0, 0.1) is 23.7 Å². The van der Waals surface area contributed by atoms with Gasteiger partial charge in [-0.25, -0.2) is 0 Å². The van der Waals surface area contributed by atoms with Crippen LogP contribution in [0.5, 0.6) is 0 Å². The Bertz CT molecular complexity index is 723. The van der Waals surface area contributed by atoms with Crippen LogP contribution in [-0.2, 0) is 4.74 Å². The van der Waals surface area contributed by atoms with Gasteiger partial charge >= 0.3 is 0 Å². The molecule has 2 saturated heterocycles. The minimum atomic E-state index is -0.271. The molecule has 0 radical (unpaired) electrons. The lowest BCUT2D eigenvalue weighted by Gasteiger charge is -2.70. The van der Waals surface area contributed by atoms with E-state index >= 15 is 0 Å². The van der Waals surface area contributed by atoms with E-state index in [9.17, 15) is 5.11 Å². The summed E-state index contributed by atoms with van der Waals surface area (Å²) in [6.45, 7) is 2.53. The normalized spacial score (nSPS) is 50.1. The zero-order valence-electron chi connectivity index (χ0n) is 18.6. The maximum Gasteiger partial charge on any atom is 0.0934 e. The SMILES string of the molecule is C[C@@]12CCC[C@@H]3C[C@@]([C@H]4CCC[C@H](CC5=CNC(N)C=C5)C4)(C[C@@](N)(CCO)[C@@H]31)O2. The van der Waals surface area contributed by atoms with Crippen molar-refractivity contribution in [2.45, 2.75) is 100 Å². The van der Waals surface area contributed by atoms with Crippen LogP contribution in [0.15, 0.2) is 23.9 Å². The van der Waals surface area contributed by atoms with Gasteiger partial charge in [0.25, 0.3) is 0 Å². The molecule has 5 fully saturated rings. The Balaban J connectivity index is 1.37. The molecule has 5 heteroatoms. The second-order valence-electron chi connectivity index (χ2n) is 11.4. The number of nitrogens with two attached hydrogens (primary N) is 2. The van der Waals surface area contributed by atoms with Crippen molar-refractivity contribution < 1.29 is 9.84 Å². The fourth-order valence-corrected chi connectivity index (χ4v) is 8.47. The summed E-state index contributed by atoms with van der Waals surface area (Å²) in [6.07, 6.45) is 19.0. The van der Waals surface area contributed by atoms with Gasteiger partial charge in [-0.3, -0.25) is 0 Å². The van der Waals surface area contributed by atoms with Gasteiger partial charge in [0.05, 0.1) is 17.4 Å². The highest BCUT2D eigenvalue weighted by molar-refractivity contribution is 5.24. The van der Waals surface area contributed by atoms with Crippen molar-refractivity contribution in [3.63, 3.8) is 0 Å². The zero-order chi connectivity index (χ0) is 21.0. The van der Waals surface area contributed by atoms with Gasteiger partial charge < -0.3 is 26.6 Å². The van der Waals surface area contributed by atoms with Gasteiger partial charge in [0.2, 0.25) is 0 Å². The molecule has 3 heterocycles. The lowest BCUT2D eigenvalue weighted by molar-refractivity contribution is -0.324. The third-order valence-corrected chi connectivity index (χ3v) is 9.28. The molecule has 0 aromatic rings. The van der Waals surface area contributed by atoms with Crippen molar-refractivity contribution >= 4 is 0 Å². The average Bonchev–Trinajstić information content (AvgIpc) is 2.69. The molecule has 0 spiro atoms. The van der Waals surface area contributed by atoms with Crippen molar-refractivity contribution in [3.05, 3.63) is 23.9 Å². The first-order valence-corrected chi connectivity index (χ1v) is 12.3. The van der Waals surface area contributed by atoms with E-state index in [1.165, 1.54) is 50.5 Å². The largest absolute Gasteiger partial charge is 0.396 e. The van der Waals surface area contributed by atoms with E-state index in [0.717, 1.165) is 19.3 Å². The second kappa shape index (κ2) is 7.61. The summed E-state index contributed by atoms with van der Waals surface area (Å²) in [4.78, 5) is 0. The summed E-state index contributed by atoms with van der Waals surface area (Å²) >= 11 is 0. The number of rotatable bonds is 5. The lowest BCUT2D eigenvalue weighted by Crippen LogP contribution is -2.76. The van der Waals surface area contributed by atoms with Crippen LogP contribution >= 0.6 is 0 Å². The van der Waals surface area contributed by atoms with Gasteiger partial charge in [0.15, 0.2) is 0 Å². The molecular formula is C25H41N3O2. The number of aliphatic hydroxyl groups is 1. The number of fused-ring (bicyclic) bond motifs is 1. The average molecular weight is 416 g/mol. The molecule has 0 aromatic carbocycles. The molecule has 30 heavy (non-hydrogen) atoms. The molecule has 3 aliphatic heterocycles. The number of dihydropyridines is 1. The highest BCUT2D eigenvalue weighted by Crippen LogP contribution is 2.65. The Kier molecular flexibility index (Phi) is 5.33.